The maximum atomic E-state index is 12.4. The number of aryl methyl sites for hydroxylation is 1. The van der Waals surface area contributed by atoms with Gasteiger partial charge in [-0.2, -0.15) is 0 Å². The van der Waals surface area contributed by atoms with E-state index in [1.165, 1.54) is 22.9 Å². The van der Waals surface area contributed by atoms with Gasteiger partial charge in [-0.15, -0.1) is 0 Å². The van der Waals surface area contributed by atoms with E-state index in [2.05, 4.69) is 29.0 Å². The Morgan fingerprint density at radius 3 is 2.85 bits per heavy atom. The largest absolute Gasteiger partial charge is 0.494 e. The number of fused-ring (bicyclic) bond motifs is 1. The van der Waals surface area contributed by atoms with E-state index in [0.717, 1.165) is 21.9 Å². The lowest BCUT2D eigenvalue weighted by Crippen LogP contribution is -2.28. The van der Waals surface area contributed by atoms with Crippen molar-refractivity contribution in [3.63, 3.8) is 0 Å². The van der Waals surface area contributed by atoms with Gasteiger partial charge in [-0.05, 0) is 37.1 Å². The number of hydrogen-bond donors (Lipinski definition) is 1. The van der Waals surface area contributed by atoms with Crippen LogP contribution >= 0.6 is 11.8 Å². The van der Waals surface area contributed by atoms with Crippen molar-refractivity contribution in [1.82, 2.24) is 14.9 Å². The summed E-state index contributed by atoms with van der Waals surface area (Å²) in [6.45, 7) is 5.26. The van der Waals surface area contributed by atoms with Crippen LogP contribution in [0.2, 0.25) is 0 Å². The summed E-state index contributed by atoms with van der Waals surface area (Å²) in [5.74, 6) is 1.24. The van der Waals surface area contributed by atoms with Crippen molar-refractivity contribution < 1.29 is 9.53 Å². The first-order valence-corrected chi connectivity index (χ1v) is 9.59. The number of carbonyl (C=O) groups excluding carboxylic acids is 1. The van der Waals surface area contributed by atoms with Gasteiger partial charge in [-0.3, -0.25) is 4.79 Å². The minimum absolute atomic E-state index is 0.0775. The maximum Gasteiger partial charge on any atom is 0.233 e. The molecule has 26 heavy (non-hydrogen) atoms. The second-order valence-corrected chi connectivity index (χ2v) is 7.08. The van der Waals surface area contributed by atoms with Crippen molar-refractivity contribution in [3.8, 4) is 5.75 Å². The van der Waals surface area contributed by atoms with Crippen molar-refractivity contribution in [3.05, 3.63) is 53.6 Å². The van der Waals surface area contributed by atoms with Crippen LogP contribution in [0.4, 0.5) is 0 Å². The Morgan fingerprint density at radius 1 is 1.27 bits per heavy atom. The van der Waals surface area contributed by atoms with Crippen molar-refractivity contribution in [2.24, 2.45) is 0 Å². The summed E-state index contributed by atoms with van der Waals surface area (Å²) >= 11 is 1.42. The highest BCUT2D eigenvalue weighted by molar-refractivity contribution is 7.99. The van der Waals surface area contributed by atoms with E-state index in [1.807, 2.05) is 44.3 Å². The molecule has 0 saturated carbocycles. The van der Waals surface area contributed by atoms with Crippen LogP contribution in [0.25, 0.3) is 11.0 Å². The van der Waals surface area contributed by atoms with Gasteiger partial charge in [0.2, 0.25) is 5.91 Å². The molecule has 0 aliphatic rings. The van der Waals surface area contributed by atoms with Crippen LogP contribution in [0, 0.1) is 6.92 Å². The lowest BCUT2D eigenvalue weighted by Gasteiger charge is -2.18. The lowest BCUT2D eigenvalue weighted by atomic mass is 10.1. The van der Waals surface area contributed by atoms with Gasteiger partial charge in [0.15, 0.2) is 5.16 Å². The molecular weight excluding hydrogens is 346 g/mol. The van der Waals surface area contributed by atoms with Crippen LogP contribution in [-0.4, -0.2) is 40.2 Å². The van der Waals surface area contributed by atoms with E-state index in [-0.39, 0.29) is 5.91 Å². The number of imidazole rings is 1. The summed E-state index contributed by atoms with van der Waals surface area (Å²) in [5, 5.41) is 0.742. The third kappa shape index (κ3) is 4.38. The Labute approximate surface area is 157 Å². The molecule has 136 valence electrons. The number of ether oxygens (including phenoxy) is 1. The fourth-order valence-electron chi connectivity index (χ4n) is 2.66. The Kier molecular flexibility index (Phi) is 5.83. The number of aromatic nitrogens is 2. The quantitative estimate of drug-likeness (QED) is 0.639. The van der Waals surface area contributed by atoms with Crippen LogP contribution in [0.15, 0.2) is 47.6 Å². The molecule has 6 heteroatoms. The molecule has 0 unspecified atom stereocenters. The van der Waals surface area contributed by atoms with Gasteiger partial charge >= 0.3 is 0 Å². The van der Waals surface area contributed by atoms with Crippen molar-refractivity contribution in [1.29, 1.82) is 0 Å². The first-order chi connectivity index (χ1) is 12.6. The molecule has 0 aliphatic heterocycles. The predicted octanol–water partition coefficient (Wildman–Crippen LogP) is 4.02. The molecule has 1 aromatic heterocycles. The molecule has 1 heterocycles. The first-order valence-electron chi connectivity index (χ1n) is 8.60. The fourth-order valence-corrected chi connectivity index (χ4v) is 3.49. The second-order valence-electron chi connectivity index (χ2n) is 6.12. The number of thioether (sulfide) groups is 1. The van der Waals surface area contributed by atoms with Crippen LogP contribution in [0.1, 0.15) is 18.1 Å². The van der Waals surface area contributed by atoms with Gasteiger partial charge in [0.25, 0.3) is 0 Å². The minimum Gasteiger partial charge on any atom is -0.494 e. The van der Waals surface area contributed by atoms with E-state index in [1.54, 1.807) is 4.90 Å². The maximum absolute atomic E-state index is 12.4. The number of benzene rings is 2. The highest BCUT2D eigenvalue weighted by Crippen LogP contribution is 2.23. The molecule has 5 nitrogen and oxygen atoms in total. The summed E-state index contributed by atoms with van der Waals surface area (Å²) in [7, 11) is 1.84. The monoisotopic (exact) mass is 369 g/mol. The Morgan fingerprint density at radius 2 is 2.08 bits per heavy atom. The molecule has 2 aromatic carbocycles. The Bertz CT molecular complexity index is 907. The van der Waals surface area contributed by atoms with E-state index < -0.39 is 0 Å². The SMILES string of the molecule is CCOc1ccc2nc(SCC(=O)N(C)Cc3ccccc3C)[nH]c2c1. The molecule has 3 aromatic rings. The zero-order valence-electron chi connectivity index (χ0n) is 15.3. The summed E-state index contributed by atoms with van der Waals surface area (Å²) < 4.78 is 5.50. The molecule has 0 spiro atoms. The van der Waals surface area contributed by atoms with Gasteiger partial charge in [-0.25, -0.2) is 4.98 Å². The number of carbonyl (C=O) groups is 1. The highest BCUT2D eigenvalue weighted by Gasteiger charge is 2.13. The molecule has 0 radical (unpaired) electrons. The number of aromatic amines is 1. The molecule has 0 aliphatic carbocycles. The zero-order valence-corrected chi connectivity index (χ0v) is 16.1. The van der Waals surface area contributed by atoms with Gasteiger partial charge in [0, 0.05) is 19.7 Å². The zero-order chi connectivity index (χ0) is 18.5. The standard InChI is InChI=1S/C20H23N3O2S/c1-4-25-16-9-10-17-18(11-16)22-20(21-17)26-13-19(24)23(3)12-15-8-6-5-7-14(15)2/h5-11H,4,12-13H2,1-3H3,(H,21,22). The van der Waals surface area contributed by atoms with Crippen molar-refractivity contribution in [2.45, 2.75) is 25.5 Å². The topological polar surface area (TPSA) is 58.2 Å². The van der Waals surface area contributed by atoms with Gasteiger partial charge in [0.05, 0.1) is 23.4 Å². The minimum atomic E-state index is 0.0775. The molecule has 1 N–H and O–H groups in total. The number of nitrogens with zero attached hydrogens (tertiary/aromatic N) is 2. The van der Waals surface area contributed by atoms with E-state index >= 15 is 0 Å². The van der Waals surface area contributed by atoms with Crippen LogP contribution < -0.4 is 4.74 Å². The van der Waals surface area contributed by atoms with Crippen molar-refractivity contribution >= 4 is 28.7 Å². The first kappa shape index (κ1) is 18.3. The number of rotatable bonds is 7. The van der Waals surface area contributed by atoms with Gasteiger partial charge in [-0.1, -0.05) is 36.0 Å². The third-order valence-electron chi connectivity index (χ3n) is 4.17. The number of hydrogen-bond acceptors (Lipinski definition) is 4. The van der Waals surface area contributed by atoms with Crippen LogP contribution in [-0.2, 0) is 11.3 Å². The molecule has 0 bridgehead atoms. The average Bonchev–Trinajstić information content (AvgIpc) is 3.04. The molecule has 3 rings (SSSR count). The van der Waals surface area contributed by atoms with E-state index in [0.29, 0.717) is 18.9 Å². The predicted molar refractivity (Wildman–Crippen MR) is 106 cm³/mol. The number of amides is 1. The summed E-state index contributed by atoms with van der Waals surface area (Å²) in [6, 6.07) is 13.9. The summed E-state index contributed by atoms with van der Waals surface area (Å²) in [4.78, 5) is 22.0. The van der Waals surface area contributed by atoms with Gasteiger partial charge < -0.3 is 14.6 Å². The van der Waals surface area contributed by atoms with Gasteiger partial charge in [0.1, 0.15) is 5.75 Å². The second kappa shape index (κ2) is 8.27. The lowest BCUT2D eigenvalue weighted by molar-refractivity contribution is -0.127. The molecular formula is C20H23N3O2S. The molecule has 0 saturated heterocycles. The molecule has 0 atom stereocenters. The Hall–Kier alpha value is -2.47. The fraction of sp³-hybridized carbons (Fsp3) is 0.300. The molecule has 0 fully saturated rings. The molecule has 1 amide bonds. The van der Waals surface area contributed by atoms with Crippen LogP contribution in [0.5, 0.6) is 5.75 Å². The van der Waals surface area contributed by atoms with Crippen molar-refractivity contribution in [2.75, 3.05) is 19.4 Å². The van der Waals surface area contributed by atoms with Crippen LogP contribution in [0.3, 0.4) is 0 Å². The third-order valence-corrected chi connectivity index (χ3v) is 5.03. The van der Waals surface area contributed by atoms with E-state index in [4.69, 9.17) is 4.74 Å². The summed E-state index contributed by atoms with van der Waals surface area (Å²) in [6.07, 6.45) is 0. The van der Waals surface area contributed by atoms with E-state index in [9.17, 15) is 4.79 Å². The number of nitrogens with one attached hydrogen (secondary N) is 1. The number of H-pyrrole nitrogens is 1. The highest BCUT2D eigenvalue weighted by atomic mass is 32.2. The Balaban J connectivity index is 1.60. The normalized spacial score (nSPS) is 10.9. The average molecular weight is 369 g/mol. The summed E-state index contributed by atoms with van der Waals surface area (Å²) in [5.41, 5.74) is 4.15. The smallest absolute Gasteiger partial charge is 0.233 e.